The van der Waals surface area contributed by atoms with Crippen molar-refractivity contribution in [1.29, 1.82) is 0 Å². The first-order chi connectivity index (χ1) is 15.8. The van der Waals surface area contributed by atoms with Gasteiger partial charge in [-0.3, -0.25) is 19.3 Å². The molecule has 0 bridgehead atoms. The zero-order valence-electron chi connectivity index (χ0n) is 17.6. The quantitative estimate of drug-likeness (QED) is 0.344. The maximum atomic E-state index is 12.8. The second-order valence-corrected chi connectivity index (χ2v) is 9.19. The lowest BCUT2D eigenvalue weighted by molar-refractivity contribution is -0.122. The minimum absolute atomic E-state index is 0.136. The van der Waals surface area contributed by atoms with Crippen LogP contribution in [0.4, 0.5) is 11.4 Å². The van der Waals surface area contributed by atoms with Crippen molar-refractivity contribution in [2.45, 2.75) is 19.8 Å². The summed E-state index contributed by atoms with van der Waals surface area (Å²) < 4.78 is 5.84. The number of nitrogens with zero attached hydrogens (tertiary/aromatic N) is 1. The number of ether oxygens (including phenoxy) is 1. The van der Waals surface area contributed by atoms with E-state index in [1.807, 2.05) is 12.2 Å². The van der Waals surface area contributed by atoms with Crippen LogP contribution in [0, 0.1) is 18.8 Å². The molecular weight excluding hydrogens is 512 g/mol. The molecule has 2 atom stereocenters. The van der Waals surface area contributed by atoms with Gasteiger partial charge in [-0.15, -0.1) is 0 Å². The lowest BCUT2D eigenvalue weighted by atomic mass is 9.85. The monoisotopic (exact) mass is 530 g/mol. The number of imide groups is 1. The van der Waals surface area contributed by atoms with Crippen LogP contribution in [-0.2, 0) is 19.1 Å². The summed E-state index contributed by atoms with van der Waals surface area (Å²) in [6.07, 6.45) is 4.90. The molecule has 1 N–H and O–H groups in total. The molecule has 2 aliphatic rings. The van der Waals surface area contributed by atoms with Crippen molar-refractivity contribution in [3.8, 4) is 0 Å². The maximum Gasteiger partial charge on any atom is 0.338 e. The van der Waals surface area contributed by atoms with Crippen LogP contribution in [0.1, 0.15) is 28.8 Å². The normalized spacial score (nSPS) is 19.4. The molecule has 0 spiro atoms. The Kier molecular flexibility index (Phi) is 6.67. The summed E-state index contributed by atoms with van der Waals surface area (Å²) in [5.74, 6) is -2.52. The Labute approximate surface area is 203 Å². The highest BCUT2D eigenvalue weighted by atomic mass is 79.9. The molecule has 0 aromatic heterocycles. The fraction of sp³-hybridized carbons (Fsp3) is 0.250. The van der Waals surface area contributed by atoms with Gasteiger partial charge < -0.3 is 10.1 Å². The van der Waals surface area contributed by atoms with E-state index in [4.69, 9.17) is 16.3 Å². The summed E-state index contributed by atoms with van der Waals surface area (Å²) in [6.45, 7) is 1.30. The molecule has 0 radical (unpaired) electrons. The van der Waals surface area contributed by atoms with E-state index >= 15 is 0 Å². The van der Waals surface area contributed by atoms with Crippen molar-refractivity contribution in [2.24, 2.45) is 11.8 Å². The summed E-state index contributed by atoms with van der Waals surface area (Å²) in [6, 6.07) is 9.47. The van der Waals surface area contributed by atoms with Crippen molar-refractivity contribution < 1.29 is 23.9 Å². The Morgan fingerprint density at radius 2 is 1.79 bits per heavy atom. The molecule has 1 heterocycles. The Bertz CT molecular complexity index is 1170. The number of rotatable bonds is 5. The van der Waals surface area contributed by atoms with E-state index in [0.29, 0.717) is 33.7 Å². The van der Waals surface area contributed by atoms with Gasteiger partial charge in [0.1, 0.15) is 0 Å². The summed E-state index contributed by atoms with van der Waals surface area (Å²) in [5, 5.41) is 3.09. The maximum absolute atomic E-state index is 12.8. The highest BCUT2D eigenvalue weighted by Gasteiger charge is 2.47. The topological polar surface area (TPSA) is 92.8 Å². The molecule has 1 saturated heterocycles. The molecule has 4 rings (SSSR count). The van der Waals surface area contributed by atoms with Gasteiger partial charge in [0.15, 0.2) is 6.61 Å². The first-order valence-corrected chi connectivity index (χ1v) is 11.5. The van der Waals surface area contributed by atoms with Gasteiger partial charge in [0.05, 0.1) is 28.1 Å². The molecule has 2 aromatic rings. The number of halogens is 2. The van der Waals surface area contributed by atoms with E-state index < -0.39 is 18.5 Å². The van der Waals surface area contributed by atoms with Gasteiger partial charge in [-0.25, -0.2) is 4.79 Å². The molecule has 1 aliphatic heterocycles. The van der Waals surface area contributed by atoms with Crippen LogP contribution in [0.2, 0.25) is 5.02 Å². The molecule has 2 aromatic carbocycles. The highest BCUT2D eigenvalue weighted by molar-refractivity contribution is 9.10. The third-order valence-corrected chi connectivity index (χ3v) is 6.92. The number of carbonyl (C=O) groups excluding carboxylic acids is 4. The van der Waals surface area contributed by atoms with E-state index in [-0.39, 0.29) is 29.2 Å². The molecule has 170 valence electrons. The van der Waals surface area contributed by atoms with Gasteiger partial charge in [0.2, 0.25) is 11.8 Å². The number of hydrogen-bond acceptors (Lipinski definition) is 5. The number of carbonyl (C=O) groups is 4. The van der Waals surface area contributed by atoms with Crippen molar-refractivity contribution in [3.63, 3.8) is 0 Å². The minimum Gasteiger partial charge on any atom is -0.452 e. The largest absolute Gasteiger partial charge is 0.452 e. The van der Waals surface area contributed by atoms with E-state index in [2.05, 4.69) is 21.2 Å². The molecule has 1 fully saturated rings. The van der Waals surface area contributed by atoms with Crippen LogP contribution in [0.15, 0.2) is 53.0 Å². The summed E-state index contributed by atoms with van der Waals surface area (Å²) in [4.78, 5) is 51.5. The molecule has 1 aliphatic carbocycles. The minimum atomic E-state index is -0.740. The van der Waals surface area contributed by atoms with Crippen LogP contribution < -0.4 is 10.2 Å². The van der Waals surface area contributed by atoms with Gasteiger partial charge in [-0.1, -0.05) is 29.8 Å². The number of hydrogen-bond donors (Lipinski definition) is 1. The number of aryl methyl sites for hydroxylation is 1. The second kappa shape index (κ2) is 9.49. The van der Waals surface area contributed by atoms with E-state index in [1.54, 1.807) is 31.2 Å². The smallest absolute Gasteiger partial charge is 0.338 e. The number of anilines is 2. The molecule has 0 saturated carbocycles. The van der Waals surface area contributed by atoms with Gasteiger partial charge >= 0.3 is 5.97 Å². The van der Waals surface area contributed by atoms with Gasteiger partial charge in [-0.05, 0) is 71.6 Å². The first-order valence-electron chi connectivity index (χ1n) is 10.3. The van der Waals surface area contributed by atoms with Crippen molar-refractivity contribution in [2.75, 3.05) is 16.8 Å². The molecule has 9 heteroatoms. The fourth-order valence-corrected chi connectivity index (χ4v) is 4.63. The predicted octanol–water partition coefficient (Wildman–Crippen LogP) is 4.66. The van der Waals surface area contributed by atoms with Crippen LogP contribution in [0.3, 0.4) is 0 Å². The van der Waals surface area contributed by atoms with Crippen molar-refractivity contribution in [3.05, 3.63) is 69.2 Å². The third-order valence-electron chi connectivity index (χ3n) is 5.72. The molecular formula is C24H20BrClN2O5. The van der Waals surface area contributed by atoms with E-state index in [1.165, 1.54) is 12.1 Å². The van der Waals surface area contributed by atoms with Crippen molar-refractivity contribution in [1.82, 2.24) is 0 Å². The number of allylic oxidation sites excluding steroid dienone is 2. The second-order valence-electron chi connectivity index (χ2n) is 7.92. The van der Waals surface area contributed by atoms with Crippen LogP contribution >= 0.6 is 27.5 Å². The Hall–Kier alpha value is -2.97. The van der Waals surface area contributed by atoms with E-state index in [9.17, 15) is 19.2 Å². The molecule has 0 unspecified atom stereocenters. The van der Waals surface area contributed by atoms with E-state index in [0.717, 1.165) is 10.5 Å². The summed E-state index contributed by atoms with van der Waals surface area (Å²) in [7, 11) is 0. The summed E-state index contributed by atoms with van der Waals surface area (Å²) >= 11 is 9.38. The number of benzene rings is 2. The zero-order chi connectivity index (χ0) is 23.7. The summed E-state index contributed by atoms with van der Waals surface area (Å²) in [5.41, 5.74) is 1.75. The molecule has 33 heavy (non-hydrogen) atoms. The van der Waals surface area contributed by atoms with Crippen LogP contribution in [0.25, 0.3) is 0 Å². The fourth-order valence-electron chi connectivity index (χ4n) is 4.01. The predicted molar refractivity (Wildman–Crippen MR) is 127 cm³/mol. The third kappa shape index (κ3) is 4.72. The number of esters is 1. The molecule has 3 amide bonds. The standard InChI is InChI=1S/C24H20BrClN2O5/c1-13-9-18(25)19(26)11-20(13)27-21(29)12-33-24(32)14-5-4-6-15(10-14)28-22(30)16-7-2-3-8-17(16)23(28)31/h2-6,9-11,16-17H,7-8,12H2,1H3,(H,27,29)/t16-,17-/m1/s1. The highest BCUT2D eigenvalue weighted by Crippen LogP contribution is 2.37. The average Bonchev–Trinajstić information content (AvgIpc) is 3.06. The van der Waals surface area contributed by atoms with Gasteiger partial charge in [-0.2, -0.15) is 0 Å². The average molecular weight is 532 g/mol. The van der Waals surface area contributed by atoms with Crippen LogP contribution in [0.5, 0.6) is 0 Å². The van der Waals surface area contributed by atoms with Gasteiger partial charge in [0.25, 0.3) is 5.91 Å². The Morgan fingerprint density at radius 3 is 2.45 bits per heavy atom. The number of fused-ring (bicyclic) bond motifs is 1. The van der Waals surface area contributed by atoms with Crippen LogP contribution in [-0.4, -0.2) is 30.3 Å². The number of amides is 3. The van der Waals surface area contributed by atoms with Gasteiger partial charge in [0, 0.05) is 10.2 Å². The zero-order valence-corrected chi connectivity index (χ0v) is 20.0. The Morgan fingerprint density at radius 1 is 1.12 bits per heavy atom. The Balaban J connectivity index is 1.41. The lowest BCUT2D eigenvalue weighted by Gasteiger charge is -2.15. The SMILES string of the molecule is Cc1cc(Br)c(Cl)cc1NC(=O)COC(=O)c1cccc(N2C(=O)[C@@H]3CC=CC[C@H]3C2=O)c1. The number of nitrogens with one attached hydrogen (secondary N) is 1. The van der Waals surface area contributed by atoms with Crippen molar-refractivity contribution >= 4 is 62.6 Å². The lowest BCUT2D eigenvalue weighted by Crippen LogP contribution is -2.31. The molecule has 7 nitrogen and oxygen atoms in total. The first kappa shape index (κ1) is 23.2.